The Labute approximate surface area is 116 Å². The van der Waals surface area contributed by atoms with Crippen molar-refractivity contribution < 1.29 is 14.3 Å². The fraction of sp³-hybridized carbons (Fsp3) is 0.286. The molecule has 1 aromatic carbocycles. The molecule has 5 heteroatoms. The van der Waals surface area contributed by atoms with E-state index in [1.807, 2.05) is 30.4 Å². The van der Waals surface area contributed by atoms with Crippen LogP contribution >= 0.6 is 11.8 Å². The van der Waals surface area contributed by atoms with Gasteiger partial charge in [-0.2, -0.15) is 0 Å². The first-order valence-corrected chi connectivity index (χ1v) is 7.00. The number of hydrogen-bond donors (Lipinski definition) is 1. The molecule has 0 radical (unpaired) electrons. The summed E-state index contributed by atoms with van der Waals surface area (Å²) in [4.78, 5) is 21.9. The molecule has 0 atom stereocenters. The van der Waals surface area contributed by atoms with Crippen LogP contribution in [0.3, 0.4) is 0 Å². The normalized spacial score (nSPS) is 13.8. The highest BCUT2D eigenvalue weighted by Gasteiger charge is 2.15. The molecule has 19 heavy (non-hydrogen) atoms. The molecule has 0 saturated carbocycles. The van der Waals surface area contributed by atoms with Gasteiger partial charge in [0, 0.05) is 12.7 Å². The van der Waals surface area contributed by atoms with Crippen LogP contribution in [-0.4, -0.2) is 23.4 Å². The monoisotopic (exact) mass is 277 g/mol. The molecule has 0 bridgehead atoms. The van der Waals surface area contributed by atoms with Gasteiger partial charge in [-0.1, -0.05) is 30.0 Å². The van der Waals surface area contributed by atoms with Gasteiger partial charge in [0.1, 0.15) is 5.75 Å². The second-order valence-corrected chi connectivity index (χ2v) is 5.40. The van der Waals surface area contributed by atoms with Gasteiger partial charge in [0.2, 0.25) is 0 Å². The third-order valence-corrected chi connectivity index (χ3v) is 3.39. The minimum atomic E-state index is -0.128. The maximum atomic E-state index is 11.1. The van der Waals surface area contributed by atoms with Crippen molar-refractivity contribution in [2.45, 2.75) is 13.3 Å². The van der Waals surface area contributed by atoms with Crippen LogP contribution in [0.2, 0.25) is 0 Å². The lowest BCUT2D eigenvalue weighted by Gasteiger charge is -2.17. The summed E-state index contributed by atoms with van der Waals surface area (Å²) in [5.74, 6) is 1.36. The van der Waals surface area contributed by atoms with Gasteiger partial charge in [0.05, 0.1) is 5.69 Å². The number of allylic oxidation sites excluding steroid dienone is 1. The van der Waals surface area contributed by atoms with E-state index in [0.717, 1.165) is 17.7 Å². The number of hydrogen-bond acceptors (Lipinski definition) is 4. The summed E-state index contributed by atoms with van der Waals surface area (Å²) in [7, 11) is 0. The van der Waals surface area contributed by atoms with Crippen molar-refractivity contribution >= 4 is 34.5 Å². The molecular formula is C14H15NO3S. The molecule has 1 N–H and O–H groups in total. The molecule has 1 aromatic rings. The van der Waals surface area contributed by atoms with E-state index >= 15 is 0 Å². The molecule has 1 heterocycles. The fourth-order valence-corrected chi connectivity index (χ4v) is 2.23. The number of anilines is 1. The van der Waals surface area contributed by atoms with Gasteiger partial charge < -0.3 is 10.1 Å². The summed E-state index contributed by atoms with van der Waals surface area (Å²) in [6.07, 6.45) is 4.86. The summed E-state index contributed by atoms with van der Waals surface area (Å²) in [6, 6.07) is 5.64. The second kappa shape index (κ2) is 6.43. The van der Waals surface area contributed by atoms with E-state index in [1.165, 1.54) is 11.8 Å². The zero-order chi connectivity index (χ0) is 13.7. The summed E-state index contributed by atoms with van der Waals surface area (Å²) >= 11 is 1.33. The van der Waals surface area contributed by atoms with E-state index in [2.05, 4.69) is 5.32 Å². The van der Waals surface area contributed by atoms with Crippen molar-refractivity contribution in [1.29, 1.82) is 0 Å². The van der Waals surface area contributed by atoms with Crippen molar-refractivity contribution in [2.24, 2.45) is 0 Å². The lowest BCUT2D eigenvalue weighted by atomic mass is 10.1. The molecule has 1 amide bonds. The van der Waals surface area contributed by atoms with Crippen molar-refractivity contribution in [3.05, 3.63) is 29.8 Å². The Hall–Kier alpha value is -1.75. The Bertz CT molecular complexity index is 525. The molecule has 0 saturated heterocycles. The highest BCUT2D eigenvalue weighted by molar-refractivity contribution is 8.13. The minimum absolute atomic E-state index is 0.0649. The van der Waals surface area contributed by atoms with Crippen molar-refractivity contribution in [3.8, 4) is 5.75 Å². The Balaban J connectivity index is 1.93. The van der Waals surface area contributed by atoms with Gasteiger partial charge in [-0.25, -0.2) is 0 Å². The quantitative estimate of drug-likeness (QED) is 0.860. The predicted molar refractivity (Wildman–Crippen MR) is 77.4 cm³/mol. The van der Waals surface area contributed by atoms with Gasteiger partial charge in [-0.15, -0.1) is 0 Å². The molecule has 0 spiro atoms. The minimum Gasteiger partial charge on any atom is -0.482 e. The van der Waals surface area contributed by atoms with E-state index in [4.69, 9.17) is 4.74 Å². The van der Waals surface area contributed by atoms with Gasteiger partial charge in [0.25, 0.3) is 5.91 Å². The molecule has 0 aliphatic carbocycles. The molecule has 1 aliphatic rings. The van der Waals surface area contributed by atoms with Gasteiger partial charge in [-0.05, 0) is 24.1 Å². The summed E-state index contributed by atoms with van der Waals surface area (Å²) < 4.78 is 5.34. The van der Waals surface area contributed by atoms with Crippen molar-refractivity contribution in [2.75, 3.05) is 17.7 Å². The van der Waals surface area contributed by atoms with Crippen LogP contribution in [0.5, 0.6) is 5.75 Å². The van der Waals surface area contributed by atoms with Gasteiger partial charge in [0.15, 0.2) is 11.7 Å². The number of fused-ring (bicyclic) bond motifs is 1. The number of ether oxygens (including phenoxy) is 1. The lowest BCUT2D eigenvalue weighted by molar-refractivity contribution is -0.118. The fourth-order valence-electron chi connectivity index (χ4n) is 1.68. The van der Waals surface area contributed by atoms with E-state index in [0.29, 0.717) is 11.4 Å². The molecular weight excluding hydrogens is 262 g/mol. The van der Waals surface area contributed by atoms with Crippen LogP contribution in [0, 0.1) is 0 Å². The lowest BCUT2D eigenvalue weighted by Crippen LogP contribution is -2.25. The molecule has 0 fully saturated rings. The Morgan fingerprint density at radius 1 is 1.53 bits per heavy atom. The van der Waals surface area contributed by atoms with Crippen molar-refractivity contribution in [1.82, 2.24) is 0 Å². The summed E-state index contributed by atoms with van der Waals surface area (Å²) in [5, 5.41) is 2.89. The first kappa shape index (κ1) is 13.7. The highest BCUT2D eigenvalue weighted by Crippen LogP contribution is 2.28. The van der Waals surface area contributed by atoms with Crippen LogP contribution in [-0.2, 0) is 9.59 Å². The maximum absolute atomic E-state index is 11.1. The SMILES string of the molecule is CC(=O)SCCC=Cc1ccc2c(c1)OCC(=O)N2. The van der Waals surface area contributed by atoms with E-state index < -0.39 is 0 Å². The molecule has 2 rings (SSSR count). The standard InChI is InChI=1S/C14H15NO3S/c1-10(16)19-7-3-2-4-11-5-6-12-13(8-11)18-9-14(17)15-12/h2,4-6,8H,3,7,9H2,1H3,(H,15,17). The number of carbonyl (C=O) groups excluding carboxylic acids is 2. The molecule has 100 valence electrons. The summed E-state index contributed by atoms with van der Waals surface area (Å²) in [5.41, 5.74) is 1.73. The third-order valence-electron chi connectivity index (χ3n) is 2.54. The first-order valence-electron chi connectivity index (χ1n) is 6.02. The van der Waals surface area contributed by atoms with Crippen LogP contribution in [0.1, 0.15) is 18.9 Å². The Morgan fingerprint density at radius 2 is 2.37 bits per heavy atom. The highest BCUT2D eigenvalue weighted by atomic mass is 32.2. The molecule has 0 aromatic heterocycles. The van der Waals surface area contributed by atoms with Gasteiger partial charge in [-0.3, -0.25) is 9.59 Å². The zero-order valence-corrected chi connectivity index (χ0v) is 11.5. The number of thioether (sulfide) groups is 1. The average Bonchev–Trinajstić information content (AvgIpc) is 2.38. The summed E-state index contributed by atoms with van der Waals surface area (Å²) in [6.45, 7) is 1.64. The molecule has 0 unspecified atom stereocenters. The van der Waals surface area contributed by atoms with E-state index in [1.54, 1.807) is 6.92 Å². The zero-order valence-electron chi connectivity index (χ0n) is 10.6. The number of nitrogens with one attached hydrogen (secondary N) is 1. The Morgan fingerprint density at radius 3 is 3.16 bits per heavy atom. The molecule has 1 aliphatic heterocycles. The largest absolute Gasteiger partial charge is 0.482 e. The predicted octanol–water partition coefficient (Wildman–Crippen LogP) is 2.70. The number of carbonyl (C=O) groups is 2. The van der Waals surface area contributed by atoms with E-state index in [9.17, 15) is 9.59 Å². The van der Waals surface area contributed by atoms with Gasteiger partial charge >= 0.3 is 0 Å². The second-order valence-electron chi connectivity index (χ2n) is 4.12. The van der Waals surface area contributed by atoms with Crippen LogP contribution in [0.15, 0.2) is 24.3 Å². The molecule has 4 nitrogen and oxygen atoms in total. The van der Waals surface area contributed by atoms with Crippen LogP contribution in [0.25, 0.3) is 6.08 Å². The number of rotatable bonds is 4. The smallest absolute Gasteiger partial charge is 0.262 e. The number of amides is 1. The maximum Gasteiger partial charge on any atom is 0.262 e. The van der Waals surface area contributed by atoms with Crippen LogP contribution in [0.4, 0.5) is 5.69 Å². The number of benzene rings is 1. The van der Waals surface area contributed by atoms with E-state index in [-0.39, 0.29) is 17.6 Å². The van der Waals surface area contributed by atoms with Crippen molar-refractivity contribution in [3.63, 3.8) is 0 Å². The average molecular weight is 277 g/mol. The van der Waals surface area contributed by atoms with Crippen LogP contribution < -0.4 is 10.1 Å². The topological polar surface area (TPSA) is 55.4 Å². The Kier molecular flexibility index (Phi) is 4.63. The first-order chi connectivity index (χ1) is 9.15. The third kappa shape index (κ3) is 4.13.